The van der Waals surface area contributed by atoms with Crippen molar-refractivity contribution in [2.75, 3.05) is 5.32 Å². The van der Waals surface area contributed by atoms with Crippen LogP contribution in [0.5, 0.6) is 0 Å². The Labute approximate surface area is 102 Å². The number of carbonyl (C=O) groups is 2. The summed E-state index contributed by atoms with van der Waals surface area (Å²) in [6, 6.07) is 7.88. The van der Waals surface area contributed by atoms with Crippen molar-refractivity contribution in [3.63, 3.8) is 0 Å². The van der Waals surface area contributed by atoms with Gasteiger partial charge in [0, 0.05) is 18.5 Å². The molecule has 3 nitrogen and oxygen atoms in total. The normalized spacial score (nSPS) is 9.94. The molecule has 0 aliphatic rings. The van der Waals surface area contributed by atoms with Crippen LogP contribution in [0.2, 0.25) is 0 Å². The van der Waals surface area contributed by atoms with E-state index >= 15 is 0 Å². The Morgan fingerprint density at radius 3 is 2.53 bits per heavy atom. The second-order valence-corrected chi connectivity index (χ2v) is 4.01. The highest BCUT2D eigenvalue weighted by molar-refractivity contribution is 5.90. The van der Waals surface area contributed by atoms with Crippen LogP contribution in [0.1, 0.15) is 38.2 Å². The summed E-state index contributed by atoms with van der Waals surface area (Å²) >= 11 is 0. The number of unbranched alkanes of at least 4 members (excludes halogenated alkanes) is 2. The molecular weight excluding hydrogens is 214 g/mol. The van der Waals surface area contributed by atoms with E-state index in [4.69, 9.17) is 0 Å². The molecule has 92 valence electrons. The smallest absolute Gasteiger partial charge is 0.224 e. The molecule has 0 aliphatic heterocycles. The Morgan fingerprint density at radius 1 is 1.24 bits per heavy atom. The van der Waals surface area contributed by atoms with E-state index in [0.29, 0.717) is 12.8 Å². The van der Waals surface area contributed by atoms with E-state index in [9.17, 15) is 9.59 Å². The molecule has 0 aromatic heterocycles. The summed E-state index contributed by atoms with van der Waals surface area (Å²) in [6.45, 7) is 1.83. The van der Waals surface area contributed by atoms with Gasteiger partial charge in [0.2, 0.25) is 5.91 Å². The number of hydrogen-bond acceptors (Lipinski definition) is 2. The number of anilines is 1. The van der Waals surface area contributed by atoms with E-state index < -0.39 is 0 Å². The summed E-state index contributed by atoms with van der Waals surface area (Å²) in [5, 5.41) is 2.81. The lowest BCUT2D eigenvalue weighted by atomic mass is 10.1. The van der Waals surface area contributed by atoms with Crippen molar-refractivity contribution >= 4 is 17.9 Å². The van der Waals surface area contributed by atoms with Crippen molar-refractivity contribution in [2.24, 2.45) is 0 Å². The summed E-state index contributed by atoms with van der Waals surface area (Å²) in [7, 11) is 0. The molecule has 1 N–H and O–H groups in total. The van der Waals surface area contributed by atoms with Crippen molar-refractivity contribution in [1.29, 1.82) is 0 Å². The van der Waals surface area contributed by atoms with Gasteiger partial charge < -0.3 is 10.1 Å². The third-order valence-corrected chi connectivity index (χ3v) is 2.60. The molecule has 0 fully saturated rings. The third kappa shape index (κ3) is 5.29. The predicted octanol–water partition coefficient (Wildman–Crippen LogP) is 2.95. The average Bonchev–Trinajstić information content (AvgIpc) is 2.36. The minimum atomic E-state index is 0.0312. The van der Waals surface area contributed by atoms with Crippen LogP contribution in [0.25, 0.3) is 0 Å². The molecule has 1 aromatic carbocycles. The quantitative estimate of drug-likeness (QED) is 0.581. The Kier molecular flexibility index (Phi) is 6.00. The highest BCUT2D eigenvalue weighted by Crippen LogP contribution is 2.12. The molecule has 0 bridgehead atoms. The number of aldehydes is 1. The van der Waals surface area contributed by atoms with Crippen LogP contribution in [0.4, 0.5) is 5.69 Å². The topological polar surface area (TPSA) is 46.2 Å². The van der Waals surface area contributed by atoms with Gasteiger partial charge in [-0.15, -0.1) is 0 Å². The van der Waals surface area contributed by atoms with E-state index in [-0.39, 0.29) is 5.91 Å². The van der Waals surface area contributed by atoms with E-state index in [1.807, 2.05) is 31.2 Å². The van der Waals surface area contributed by atoms with Gasteiger partial charge in [-0.3, -0.25) is 4.79 Å². The van der Waals surface area contributed by atoms with E-state index in [0.717, 1.165) is 31.2 Å². The van der Waals surface area contributed by atoms with Crippen molar-refractivity contribution in [3.8, 4) is 0 Å². The van der Waals surface area contributed by atoms with Crippen LogP contribution in [-0.4, -0.2) is 12.2 Å². The number of rotatable bonds is 7. The van der Waals surface area contributed by atoms with Crippen LogP contribution in [-0.2, 0) is 16.0 Å². The SMILES string of the molecule is CCC(=O)Nc1ccc(CCCCC=O)cc1. The number of hydrogen-bond donors (Lipinski definition) is 1. The first-order valence-electron chi connectivity index (χ1n) is 6.08. The molecule has 3 heteroatoms. The Balaban J connectivity index is 2.39. The molecule has 0 saturated heterocycles. The summed E-state index contributed by atoms with van der Waals surface area (Å²) in [6.07, 6.45) is 5.05. The molecule has 0 heterocycles. The molecule has 17 heavy (non-hydrogen) atoms. The van der Waals surface area contributed by atoms with Gasteiger partial charge in [-0.1, -0.05) is 19.1 Å². The van der Waals surface area contributed by atoms with Crippen molar-refractivity contribution < 1.29 is 9.59 Å². The van der Waals surface area contributed by atoms with Crippen molar-refractivity contribution in [3.05, 3.63) is 29.8 Å². The van der Waals surface area contributed by atoms with E-state index in [1.165, 1.54) is 5.56 Å². The number of nitrogens with one attached hydrogen (secondary N) is 1. The lowest BCUT2D eigenvalue weighted by molar-refractivity contribution is -0.116. The van der Waals surface area contributed by atoms with Crippen LogP contribution in [0.3, 0.4) is 0 Å². The second kappa shape index (κ2) is 7.60. The summed E-state index contributed by atoms with van der Waals surface area (Å²) < 4.78 is 0. The molecule has 0 spiro atoms. The van der Waals surface area contributed by atoms with Gasteiger partial charge in [-0.25, -0.2) is 0 Å². The van der Waals surface area contributed by atoms with Crippen LogP contribution in [0.15, 0.2) is 24.3 Å². The molecule has 0 aliphatic carbocycles. The van der Waals surface area contributed by atoms with Gasteiger partial charge in [0.25, 0.3) is 0 Å². The molecule has 1 aromatic rings. The Hall–Kier alpha value is -1.64. The van der Waals surface area contributed by atoms with Crippen molar-refractivity contribution in [1.82, 2.24) is 0 Å². The number of amides is 1. The van der Waals surface area contributed by atoms with E-state index in [2.05, 4.69) is 5.32 Å². The van der Waals surface area contributed by atoms with Crippen LogP contribution < -0.4 is 5.32 Å². The van der Waals surface area contributed by atoms with Crippen LogP contribution >= 0.6 is 0 Å². The monoisotopic (exact) mass is 233 g/mol. The number of aryl methyl sites for hydroxylation is 1. The first-order chi connectivity index (χ1) is 8.26. The molecule has 0 radical (unpaired) electrons. The minimum absolute atomic E-state index is 0.0312. The largest absolute Gasteiger partial charge is 0.326 e. The van der Waals surface area contributed by atoms with Gasteiger partial charge in [-0.05, 0) is 37.0 Å². The standard InChI is InChI=1S/C14H19NO2/c1-2-14(17)15-13-9-7-12(8-10-13)6-4-3-5-11-16/h7-11H,2-6H2,1H3,(H,15,17). The van der Waals surface area contributed by atoms with Gasteiger partial charge >= 0.3 is 0 Å². The Morgan fingerprint density at radius 2 is 1.94 bits per heavy atom. The highest BCUT2D eigenvalue weighted by atomic mass is 16.1. The Bertz CT molecular complexity index is 357. The number of benzene rings is 1. The maximum Gasteiger partial charge on any atom is 0.224 e. The summed E-state index contributed by atoms with van der Waals surface area (Å²) in [5.41, 5.74) is 2.08. The molecule has 1 rings (SSSR count). The molecule has 0 saturated carbocycles. The second-order valence-electron chi connectivity index (χ2n) is 4.01. The maximum atomic E-state index is 11.2. The lowest BCUT2D eigenvalue weighted by Crippen LogP contribution is -2.09. The zero-order chi connectivity index (χ0) is 12.5. The van der Waals surface area contributed by atoms with E-state index in [1.54, 1.807) is 0 Å². The fourth-order valence-electron chi connectivity index (χ4n) is 1.56. The van der Waals surface area contributed by atoms with Gasteiger partial charge in [0.15, 0.2) is 0 Å². The number of carbonyl (C=O) groups excluding carboxylic acids is 2. The summed E-state index contributed by atoms with van der Waals surface area (Å²) in [5.74, 6) is 0.0312. The van der Waals surface area contributed by atoms with Gasteiger partial charge in [-0.2, -0.15) is 0 Å². The fourth-order valence-corrected chi connectivity index (χ4v) is 1.56. The molecule has 0 unspecified atom stereocenters. The zero-order valence-corrected chi connectivity index (χ0v) is 10.2. The zero-order valence-electron chi connectivity index (χ0n) is 10.2. The fraction of sp³-hybridized carbons (Fsp3) is 0.429. The summed E-state index contributed by atoms with van der Waals surface area (Å²) in [4.78, 5) is 21.3. The van der Waals surface area contributed by atoms with Crippen LogP contribution in [0, 0.1) is 0 Å². The van der Waals surface area contributed by atoms with Gasteiger partial charge in [0.05, 0.1) is 0 Å². The highest BCUT2D eigenvalue weighted by Gasteiger charge is 1.99. The lowest BCUT2D eigenvalue weighted by Gasteiger charge is -2.05. The maximum absolute atomic E-state index is 11.2. The molecular formula is C14H19NO2. The van der Waals surface area contributed by atoms with Gasteiger partial charge in [0.1, 0.15) is 6.29 Å². The minimum Gasteiger partial charge on any atom is -0.326 e. The predicted molar refractivity (Wildman–Crippen MR) is 69.0 cm³/mol. The molecule has 0 atom stereocenters. The first-order valence-corrected chi connectivity index (χ1v) is 6.08. The van der Waals surface area contributed by atoms with Crippen molar-refractivity contribution in [2.45, 2.75) is 39.0 Å². The molecule has 1 amide bonds. The average molecular weight is 233 g/mol. The first kappa shape index (κ1) is 13.4. The third-order valence-electron chi connectivity index (χ3n) is 2.60.